The molecule has 2 aliphatic carbocycles. The van der Waals surface area contributed by atoms with Gasteiger partial charge in [-0.15, -0.1) is 0 Å². The van der Waals surface area contributed by atoms with Gasteiger partial charge in [-0.25, -0.2) is 0 Å². The van der Waals surface area contributed by atoms with Gasteiger partial charge < -0.3 is 0 Å². The summed E-state index contributed by atoms with van der Waals surface area (Å²) in [4.78, 5) is 0. The molecule has 1 unspecified atom stereocenters. The maximum atomic E-state index is 9.56. The first-order valence-corrected chi connectivity index (χ1v) is 6.99. The third kappa shape index (κ3) is 1.90. The number of nitrogens with zero attached hydrogens (tertiary/aromatic N) is 1. The van der Waals surface area contributed by atoms with E-state index in [4.69, 9.17) is 0 Å². The largest absolute Gasteiger partial charge is 0.295 e. The molecule has 0 saturated heterocycles. The molecular weight excluding hydrogens is 276 g/mol. The fourth-order valence-electron chi connectivity index (χ4n) is 2.64. The van der Waals surface area contributed by atoms with E-state index in [1.165, 1.54) is 24.0 Å². The van der Waals surface area contributed by atoms with Gasteiger partial charge in [-0.3, -0.25) is 5.32 Å². The number of hydrogen-bond acceptors (Lipinski definition) is 2. The highest BCUT2D eigenvalue weighted by Crippen LogP contribution is 2.40. The van der Waals surface area contributed by atoms with Crippen molar-refractivity contribution >= 4 is 15.9 Å². The molecule has 0 amide bonds. The van der Waals surface area contributed by atoms with Crippen LogP contribution in [-0.2, 0) is 12.0 Å². The molecule has 1 aromatic rings. The molecule has 3 heteroatoms. The van der Waals surface area contributed by atoms with E-state index < -0.39 is 5.54 Å². The van der Waals surface area contributed by atoms with Crippen molar-refractivity contribution < 1.29 is 0 Å². The fraction of sp³-hybridized carbons (Fsp3) is 0.500. The minimum absolute atomic E-state index is 0.443. The minimum atomic E-state index is -0.443. The first-order valence-electron chi connectivity index (χ1n) is 6.19. The summed E-state index contributed by atoms with van der Waals surface area (Å²) in [6, 6.07) is 8.70. The summed E-state index contributed by atoms with van der Waals surface area (Å²) in [6.07, 6.45) is 4.52. The van der Waals surface area contributed by atoms with Gasteiger partial charge in [-0.1, -0.05) is 28.1 Å². The molecule has 1 fully saturated rings. The molecule has 1 atom stereocenters. The maximum absolute atomic E-state index is 9.56. The van der Waals surface area contributed by atoms with E-state index >= 15 is 0 Å². The van der Waals surface area contributed by atoms with Crippen LogP contribution in [0.5, 0.6) is 0 Å². The lowest BCUT2D eigenvalue weighted by Gasteiger charge is -2.24. The highest BCUT2D eigenvalue weighted by atomic mass is 79.9. The molecule has 0 spiro atoms. The molecule has 88 valence electrons. The number of halogens is 1. The Bertz CT molecular complexity index is 487. The second-order valence-electron chi connectivity index (χ2n) is 5.11. The predicted octanol–water partition coefficient (Wildman–Crippen LogP) is 3.11. The Hall–Kier alpha value is -0.850. The highest BCUT2D eigenvalue weighted by molar-refractivity contribution is 9.10. The van der Waals surface area contributed by atoms with Gasteiger partial charge in [0.15, 0.2) is 0 Å². The van der Waals surface area contributed by atoms with Crippen molar-refractivity contribution in [2.75, 3.05) is 6.54 Å². The van der Waals surface area contributed by atoms with Gasteiger partial charge in [0.05, 0.1) is 6.07 Å². The lowest BCUT2D eigenvalue weighted by Crippen LogP contribution is -2.40. The number of nitriles is 1. The van der Waals surface area contributed by atoms with E-state index in [-0.39, 0.29) is 0 Å². The number of fused-ring (bicyclic) bond motifs is 1. The summed E-state index contributed by atoms with van der Waals surface area (Å²) >= 11 is 3.58. The van der Waals surface area contributed by atoms with Crippen molar-refractivity contribution in [1.29, 1.82) is 5.26 Å². The van der Waals surface area contributed by atoms with Crippen molar-refractivity contribution in [3.63, 3.8) is 0 Å². The molecule has 2 aliphatic rings. The van der Waals surface area contributed by atoms with Crippen LogP contribution in [0.4, 0.5) is 0 Å². The first kappa shape index (κ1) is 11.3. The van der Waals surface area contributed by atoms with Crippen LogP contribution >= 0.6 is 15.9 Å². The van der Waals surface area contributed by atoms with Crippen LogP contribution in [0, 0.1) is 17.2 Å². The van der Waals surface area contributed by atoms with Crippen molar-refractivity contribution in [1.82, 2.24) is 5.32 Å². The molecule has 1 saturated carbocycles. The summed E-state index contributed by atoms with van der Waals surface area (Å²) in [5, 5.41) is 13.1. The van der Waals surface area contributed by atoms with Crippen molar-refractivity contribution in [3.8, 4) is 6.07 Å². The van der Waals surface area contributed by atoms with Crippen molar-refractivity contribution in [2.45, 2.75) is 31.2 Å². The van der Waals surface area contributed by atoms with Crippen molar-refractivity contribution in [2.24, 2.45) is 5.92 Å². The molecule has 0 bridgehead atoms. The second-order valence-corrected chi connectivity index (χ2v) is 5.96. The number of benzene rings is 1. The van der Waals surface area contributed by atoms with E-state index in [0.29, 0.717) is 0 Å². The number of hydrogen-bond donors (Lipinski definition) is 1. The lowest BCUT2D eigenvalue weighted by atomic mass is 9.93. The highest BCUT2D eigenvalue weighted by Gasteiger charge is 2.40. The maximum Gasteiger partial charge on any atom is 0.132 e. The summed E-state index contributed by atoms with van der Waals surface area (Å²) in [5.41, 5.74) is 2.04. The first-order chi connectivity index (χ1) is 8.25. The quantitative estimate of drug-likeness (QED) is 0.928. The topological polar surface area (TPSA) is 35.8 Å². The average molecular weight is 291 g/mol. The van der Waals surface area contributed by atoms with Gasteiger partial charge in [-0.2, -0.15) is 5.26 Å². The number of nitrogens with one attached hydrogen (secondary N) is 1. The summed E-state index contributed by atoms with van der Waals surface area (Å²) in [5.74, 6) is 0.802. The second kappa shape index (κ2) is 4.12. The lowest BCUT2D eigenvalue weighted by molar-refractivity contribution is 0.415. The predicted molar refractivity (Wildman–Crippen MR) is 70.5 cm³/mol. The third-order valence-electron chi connectivity index (χ3n) is 3.91. The Morgan fingerprint density at radius 1 is 1.47 bits per heavy atom. The minimum Gasteiger partial charge on any atom is -0.295 e. The third-order valence-corrected chi connectivity index (χ3v) is 4.65. The van der Waals surface area contributed by atoms with Crippen LogP contribution in [0.15, 0.2) is 22.7 Å². The molecule has 0 aliphatic heterocycles. The monoisotopic (exact) mass is 290 g/mol. The zero-order chi connectivity index (χ0) is 11.9. The number of rotatable bonds is 3. The van der Waals surface area contributed by atoms with Gasteiger partial charge in [0.2, 0.25) is 0 Å². The Morgan fingerprint density at radius 3 is 3.00 bits per heavy atom. The van der Waals surface area contributed by atoms with Gasteiger partial charge in [0.1, 0.15) is 5.54 Å². The van der Waals surface area contributed by atoms with E-state index in [0.717, 1.165) is 29.8 Å². The molecule has 3 rings (SSSR count). The summed E-state index contributed by atoms with van der Waals surface area (Å²) in [6.45, 7) is 0.986. The molecule has 1 N–H and O–H groups in total. The zero-order valence-corrected chi connectivity index (χ0v) is 11.3. The molecule has 0 heterocycles. The van der Waals surface area contributed by atoms with Crippen LogP contribution in [0.3, 0.4) is 0 Å². The van der Waals surface area contributed by atoms with Gasteiger partial charge >= 0.3 is 0 Å². The SMILES string of the molecule is N#CC1(NCC2CC2)CCc2c(Br)cccc21. The van der Waals surface area contributed by atoms with E-state index in [9.17, 15) is 5.26 Å². The van der Waals surface area contributed by atoms with Crippen LogP contribution in [0.25, 0.3) is 0 Å². The molecule has 0 radical (unpaired) electrons. The fourth-order valence-corrected chi connectivity index (χ4v) is 3.20. The Labute approximate surface area is 110 Å². The van der Waals surface area contributed by atoms with Gasteiger partial charge in [0.25, 0.3) is 0 Å². The van der Waals surface area contributed by atoms with Crippen LogP contribution in [-0.4, -0.2) is 6.54 Å². The normalized spacial score (nSPS) is 26.6. The smallest absolute Gasteiger partial charge is 0.132 e. The summed E-state index contributed by atoms with van der Waals surface area (Å²) < 4.78 is 1.14. The van der Waals surface area contributed by atoms with Crippen LogP contribution in [0.1, 0.15) is 30.4 Å². The molecule has 17 heavy (non-hydrogen) atoms. The molecule has 0 aromatic heterocycles. The van der Waals surface area contributed by atoms with E-state index in [1.807, 2.05) is 6.07 Å². The molecular formula is C14H15BrN2. The van der Waals surface area contributed by atoms with Crippen LogP contribution in [0.2, 0.25) is 0 Å². The van der Waals surface area contributed by atoms with Gasteiger partial charge in [0, 0.05) is 4.47 Å². The standard InChI is InChI=1S/C14H15BrN2/c15-13-3-1-2-12-11(13)6-7-14(12,9-16)17-8-10-4-5-10/h1-3,10,17H,4-8H2. The van der Waals surface area contributed by atoms with Crippen molar-refractivity contribution in [3.05, 3.63) is 33.8 Å². The Kier molecular flexibility index (Phi) is 2.72. The average Bonchev–Trinajstić information content (AvgIpc) is 3.10. The Morgan fingerprint density at radius 2 is 2.29 bits per heavy atom. The summed E-state index contributed by atoms with van der Waals surface area (Å²) in [7, 11) is 0. The molecule has 2 nitrogen and oxygen atoms in total. The van der Waals surface area contributed by atoms with E-state index in [1.54, 1.807) is 0 Å². The molecule has 1 aromatic carbocycles. The van der Waals surface area contributed by atoms with Crippen LogP contribution < -0.4 is 5.32 Å². The Balaban J connectivity index is 1.92. The van der Waals surface area contributed by atoms with E-state index in [2.05, 4.69) is 39.4 Å². The van der Waals surface area contributed by atoms with Gasteiger partial charge in [-0.05, 0) is 55.3 Å². The zero-order valence-electron chi connectivity index (χ0n) is 9.67.